The van der Waals surface area contributed by atoms with Gasteiger partial charge in [-0.3, -0.25) is 4.98 Å². The smallest absolute Gasteiger partial charge is 0.350 e. The van der Waals surface area contributed by atoms with Crippen LogP contribution in [0.2, 0.25) is 0 Å². The lowest BCUT2D eigenvalue weighted by molar-refractivity contribution is 0.966. The van der Waals surface area contributed by atoms with Crippen molar-refractivity contribution in [3.05, 3.63) is 76.2 Å². The summed E-state index contributed by atoms with van der Waals surface area (Å²) in [6.07, 6.45) is 0. The SMILES string of the molecule is NCc1ccc(Nc2nc(NCc3ccccc3)nc(=O)[nH]2)cc1. The number of aromatic amines is 1. The molecule has 7 nitrogen and oxygen atoms in total. The molecule has 0 bridgehead atoms. The van der Waals surface area contributed by atoms with Gasteiger partial charge >= 0.3 is 5.69 Å². The lowest BCUT2D eigenvalue weighted by atomic mass is 10.2. The fourth-order valence-corrected chi connectivity index (χ4v) is 2.16. The molecule has 3 aromatic rings. The number of nitrogens with zero attached hydrogens (tertiary/aromatic N) is 2. The second-order valence-corrected chi connectivity index (χ2v) is 5.19. The first-order valence-electron chi connectivity index (χ1n) is 7.55. The van der Waals surface area contributed by atoms with Crippen molar-refractivity contribution in [1.29, 1.82) is 0 Å². The molecule has 0 spiro atoms. The Bertz CT molecular complexity index is 845. The fourth-order valence-electron chi connectivity index (χ4n) is 2.16. The molecule has 0 saturated heterocycles. The largest absolute Gasteiger partial charge is 0.351 e. The van der Waals surface area contributed by atoms with Crippen molar-refractivity contribution in [3.63, 3.8) is 0 Å². The molecule has 0 aliphatic carbocycles. The van der Waals surface area contributed by atoms with Crippen LogP contribution < -0.4 is 22.1 Å². The minimum Gasteiger partial charge on any atom is -0.350 e. The summed E-state index contributed by atoms with van der Waals surface area (Å²) in [5.41, 5.74) is 8.01. The first-order chi connectivity index (χ1) is 11.7. The van der Waals surface area contributed by atoms with Crippen molar-refractivity contribution >= 4 is 17.6 Å². The Kier molecular flexibility index (Phi) is 4.83. The van der Waals surface area contributed by atoms with Gasteiger partial charge in [0.15, 0.2) is 0 Å². The van der Waals surface area contributed by atoms with Crippen LogP contribution in [-0.2, 0) is 13.1 Å². The van der Waals surface area contributed by atoms with Crippen LogP contribution in [0, 0.1) is 0 Å². The quantitative estimate of drug-likeness (QED) is 0.552. The molecule has 24 heavy (non-hydrogen) atoms. The molecule has 0 unspecified atom stereocenters. The lowest BCUT2D eigenvalue weighted by Crippen LogP contribution is -2.17. The zero-order valence-corrected chi connectivity index (χ0v) is 13.0. The average Bonchev–Trinajstić information content (AvgIpc) is 2.61. The number of rotatable bonds is 6. The van der Waals surface area contributed by atoms with E-state index in [1.54, 1.807) is 0 Å². The molecule has 0 aliphatic rings. The maximum absolute atomic E-state index is 11.7. The number of H-pyrrole nitrogens is 1. The van der Waals surface area contributed by atoms with Gasteiger partial charge in [-0.25, -0.2) is 4.79 Å². The van der Waals surface area contributed by atoms with E-state index >= 15 is 0 Å². The van der Waals surface area contributed by atoms with Crippen molar-refractivity contribution in [3.8, 4) is 0 Å². The first-order valence-corrected chi connectivity index (χ1v) is 7.55. The van der Waals surface area contributed by atoms with E-state index in [1.807, 2.05) is 54.6 Å². The Balaban J connectivity index is 1.72. The van der Waals surface area contributed by atoms with Crippen LogP contribution in [0.5, 0.6) is 0 Å². The van der Waals surface area contributed by atoms with E-state index in [1.165, 1.54) is 0 Å². The van der Waals surface area contributed by atoms with Crippen molar-refractivity contribution in [2.45, 2.75) is 13.1 Å². The van der Waals surface area contributed by atoms with Crippen molar-refractivity contribution in [2.75, 3.05) is 10.6 Å². The van der Waals surface area contributed by atoms with E-state index in [-0.39, 0.29) is 5.95 Å². The van der Waals surface area contributed by atoms with Crippen LogP contribution in [0.1, 0.15) is 11.1 Å². The van der Waals surface area contributed by atoms with Gasteiger partial charge in [0.25, 0.3) is 0 Å². The highest BCUT2D eigenvalue weighted by Gasteiger charge is 2.03. The summed E-state index contributed by atoms with van der Waals surface area (Å²) in [5.74, 6) is 0.592. The highest BCUT2D eigenvalue weighted by Crippen LogP contribution is 2.13. The molecule has 0 aliphatic heterocycles. The Morgan fingerprint density at radius 2 is 1.71 bits per heavy atom. The molecule has 0 fully saturated rings. The summed E-state index contributed by atoms with van der Waals surface area (Å²) in [5, 5.41) is 6.09. The van der Waals surface area contributed by atoms with Crippen LogP contribution in [0.4, 0.5) is 17.6 Å². The number of aromatic nitrogens is 3. The average molecular weight is 322 g/mol. The van der Waals surface area contributed by atoms with Crippen molar-refractivity contribution in [1.82, 2.24) is 15.0 Å². The molecule has 0 saturated carbocycles. The van der Waals surface area contributed by atoms with Crippen LogP contribution in [0.25, 0.3) is 0 Å². The van der Waals surface area contributed by atoms with Gasteiger partial charge < -0.3 is 16.4 Å². The van der Waals surface area contributed by atoms with Gasteiger partial charge in [-0.15, -0.1) is 0 Å². The van der Waals surface area contributed by atoms with Crippen molar-refractivity contribution < 1.29 is 0 Å². The number of hydrogen-bond acceptors (Lipinski definition) is 6. The van der Waals surface area contributed by atoms with E-state index in [9.17, 15) is 4.79 Å². The summed E-state index contributed by atoms with van der Waals surface area (Å²) >= 11 is 0. The third-order valence-electron chi connectivity index (χ3n) is 3.40. The molecule has 1 heterocycles. The fraction of sp³-hybridized carbons (Fsp3) is 0.118. The van der Waals surface area contributed by atoms with Gasteiger partial charge in [0.2, 0.25) is 11.9 Å². The molecule has 5 N–H and O–H groups in total. The topological polar surface area (TPSA) is 109 Å². The Hall–Kier alpha value is -3.19. The van der Waals surface area contributed by atoms with Crippen LogP contribution in [0.15, 0.2) is 59.4 Å². The standard InChI is InChI=1S/C17H18N6O/c18-10-12-6-8-14(9-7-12)20-16-21-15(22-17(24)23-16)19-11-13-4-2-1-3-5-13/h1-9H,10-11,18H2,(H3,19,20,21,22,23,24). The van der Waals surface area contributed by atoms with Crippen molar-refractivity contribution in [2.24, 2.45) is 5.73 Å². The van der Waals surface area contributed by atoms with Gasteiger partial charge in [-0.1, -0.05) is 42.5 Å². The molecule has 0 radical (unpaired) electrons. The number of hydrogen-bond donors (Lipinski definition) is 4. The Morgan fingerprint density at radius 3 is 2.42 bits per heavy atom. The highest BCUT2D eigenvalue weighted by atomic mass is 16.1. The van der Waals surface area contributed by atoms with Gasteiger partial charge in [-0.05, 0) is 23.3 Å². The highest BCUT2D eigenvalue weighted by molar-refractivity contribution is 5.54. The summed E-state index contributed by atoms with van der Waals surface area (Å²) in [7, 11) is 0. The maximum Gasteiger partial charge on any atom is 0.351 e. The predicted octanol–water partition coefficient (Wildman–Crippen LogP) is 1.98. The number of nitrogens with one attached hydrogen (secondary N) is 3. The number of nitrogens with two attached hydrogens (primary N) is 1. The minimum absolute atomic E-state index is 0.267. The summed E-state index contributed by atoms with van der Waals surface area (Å²) in [6, 6.07) is 17.4. The Morgan fingerprint density at radius 1 is 0.958 bits per heavy atom. The third-order valence-corrected chi connectivity index (χ3v) is 3.40. The van der Waals surface area contributed by atoms with Crippen LogP contribution in [0.3, 0.4) is 0 Å². The summed E-state index contributed by atoms with van der Waals surface area (Å²) in [6.45, 7) is 1.02. The minimum atomic E-state index is -0.471. The van der Waals surface area contributed by atoms with E-state index in [0.717, 1.165) is 16.8 Å². The van der Waals surface area contributed by atoms with Gasteiger partial charge in [-0.2, -0.15) is 9.97 Å². The normalized spacial score (nSPS) is 10.4. The first kappa shape index (κ1) is 15.7. The predicted molar refractivity (Wildman–Crippen MR) is 94.0 cm³/mol. The molecule has 122 valence electrons. The van der Waals surface area contributed by atoms with Gasteiger partial charge in [0.1, 0.15) is 0 Å². The summed E-state index contributed by atoms with van der Waals surface area (Å²) < 4.78 is 0. The number of benzene rings is 2. The zero-order valence-electron chi connectivity index (χ0n) is 13.0. The van der Waals surface area contributed by atoms with E-state index in [4.69, 9.17) is 5.73 Å². The van der Waals surface area contributed by atoms with E-state index in [2.05, 4.69) is 25.6 Å². The second-order valence-electron chi connectivity index (χ2n) is 5.19. The molecule has 0 amide bonds. The molecular weight excluding hydrogens is 304 g/mol. The monoisotopic (exact) mass is 322 g/mol. The molecule has 7 heteroatoms. The number of anilines is 3. The van der Waals surface area contributed by atoms with Crippen LogP contribution in [-0.4, -0.2) is 15.0 Å². The van der Waals surface area contributed by atoms with E-state index in [0.29, 0.717) is 19.0 Å². The maximum atomic E-state index is 11.7. The van der Waals surface area contributed by atoms with Crippen LogP contribution >= 0.6 is 0 Å². The van der Waals surface area contributed by atoms with Gasteiger partial charge in [0.05, 0.1) is 0 Å². The molecule has 0 atom stereocenters. The summed E-state index contributed by atoms with van der Waals surface area (Å²) in [4.78, 5) is 22.4. The van der Waals surface area contributed by atoms with E-state index < -0.39 is 5.69 Å². The lowest BCUT2D eigenvalue weighted by Gasteiger charge is -2.08. The molecule has 2 aromatic carbocycles. The third kappa shape index (κ3) is 4.17. The molecular formula is C17H18N6O. The molecule has 3 rings (SSSR count). The Labute approximate surface area is 139 Å². The zero-order chi connectivity index (χ0) is 16.8. The van der Waals surface area contributed by atoms with Gasteiger partial charge in [0, 0.05) is 18.8 Å². The second kappa shape index (κ2) is 7.38. The molecule has 1 aromatic heterocycles.